The third-order valence-electron chi connectivity index (χ3n) is 4.95. The van der Waals surface area contributed by atoms with Gasteiger partial charge >= 0.3 is 0 Å². The molecular weight excluding hydrogens is 316 g/mol. The van der Waals surface area contributed by atoms with Crippen LogP contribution in [0.15, 0.2) is 48.5 Å². The lowest BCUT2D eigenvalue weighted by molar-refractivity contribution is -0.0892. The van der Waals surface area contributed by atoms with Crippen LogP contribution in [0.25, 0.3) is 0 Å². The highest BCUT2D eigenvalue weighted by molar-refractivity contribution is 5.38. The zero-order valence-electron chi connectivity index (χ0n) is 14.6. The van der Waals surface area contributed by atoms with Crippen LogP contribution in [0.2, 0.25) is 0 Å². The predicted molar refractivity (Wildman–Crippen MR) is 98.1 cm³/mol. The number of aliphatic hydroxyl groups excluding tert-OH is 2. The predicted octanol–water partition coefficient (Wildman–Crippen LogP) is 2.19. The Labute approximate surface area is 148 Å². The van der Waals surface area contributed by atoms with Crippen molar-refractivity contribution in [2.75, 3.05) is 6.61 Å². The Kier molecular flexibility index (Phi) is 5.74. The highest BCUT2D eigenvalue weighted by Gasteiger charge is 2.38. The molecule has 2 aromatic rings. The molecule has 4 atom stereocenters. The topological polar surface area (TPSA) is 72.6 Å². The monoisotopic (exact) mass is 343 g/mol. The van der Waals surface area contributed by atoms with Crippen LogP contribution in [-0.4, -0.2) is 40.2 Å². The van der Waals surface area contributed by atoms with E-state index in [1.54, 1.807) is 0 Å². The number of para-hydroxylation sites is 1. The number of hydrogen-bond donors (Lipinski definition) is 2. The highest BCUT2D eigenvalue weighted by atomic mass is 16.5. The number of ether oxygens (including phenoxy) is 1. The Morgan fingerprint density at radius 1 is 1.08 bits per heavy atom. The van der Waals surface area contributed by atoms with Gasteiger partial charge in [0.05, 0.1) is 18.1 Å². The van der Waals surface area contributed by atoms with E-state index in [0.717, 1.165) is 17.7 Å². The Bertz CT molecular complexity index is 700. The van der Waals surface area contributed by atoms with Gasteiger partial charge in [0.1, 0.15) is 18.5 Å². The van der Waals surface area contributed by atoms with E-state index in [-0.39, 0.29) is 18.6 Å². The summed E-state index contributed by atoms with van der Waals surface area (Å²) in [5, 5.41) is 27.6. The molecule has 0 amide bonds. The summed E-state index contributed by atoms with van der Waals surface area (Å²) in [5.41, 5.74) is 3.58. The van der Waals surface area contributed by atoms with Crippen LogP contribution in [0.3, 0.4) is 0 Å². The van der Waals surface area contributed by atoms with E-state index < -0.39 is 12.2 Å². The first kappa shape index (κ1) is 17.9. The first-order valence-corrected chi connectivity index (χ1v) is 8.87. The summed E-state index contributed by atoms with van der Waals surface area (Å²) in [6.07, 6.45) is -0.0282. The SMILES string of the molecule is Cc1cccc(Cc2ccccc2O[C@@H]2C[C@H](C[OH2+])[C@@H](O)[C@H](O)C2)c1. The van der Waals surface area contributed by atoms with Gasteiger partial charge in [-0.3, -0.25) is 0 Å². The Balaban J connectivity index is 1.75. The molecule has 0 spiro atoms. The van der Waals surface area contributed by atoms with Gasteiger partial charge in [0.25, 0.3) is 0 Å². The van der Waals surface area contributed by atoms with E-state index in [9.17, 15) is 10.2 Å². The first-order valence-electron chi connectivity index (χ1n) is 8.87. The first-order chi connectivity index (χ1) is 12.1. The minimum Gasteiger partial charge on any atom is -0.490 e. The summed E-state index contributed by atoms with van der Waals surface area (Å²) in [6.45, 7) is 2.19. The maximum atomic E-state index is 10.0. The van der Waals surface area contributed by atoms with Crippen molar-refractivity contribution in [1.82, 2.24) is 0 Å². The number of aryl methyl sites for hydroxylation is 1. The highest BCUT2D eigenvalue weighted by Crippen LogP contribution is 2.30. The van der Waals surface area contributed by atoms with Crippen molar-refractivity contribution < 1.29 is 20.1 Å². The summed E-state index contributed by atoms with van der Waals surface area (Å²) < 4.78 is 6.19. The summed E-state index contributed by atoms with van der Waals surface area (Å²) in [7, 11) is 0. The van der Waals surface area contributed by atoms with Gasteiger partial charge in [-0.1, -0.05) is 48.0 Å². The van der Waals surface area contributed by atoms with Crippen LogP contribution >= 0.6 is 0 Å². The van der Waals surface area contributed by atoms with Gasteiger partial charge in [-0.15, -0.1) is 0 Å². The van der Waals surface area contributed by atoms with Crippen LogP contribution in [0.5, 0.6) is 5.75 Å². The molecule has 1 saturated carbocycles. The maximum absolute atomic E-state index is 10.0. The number of hydrogen-bond acceptors (Lipinski definition) is 3. The minimum absolute atomic E-state index is 0.100. The molecule has 4 nitrogen and oxygen atoms in total. The van der Waals surface area contributed by atoms with Gasteiger partial charge in [-0.2, -0.15) is 0 Å². The molecule has 4 heteroatoms. The number of rotatable bonds is 5. The molecule has 0 radical (unpaired) electrons. The molecule has 1 aliphatic carbocycles. The lowest BCUT2D eigenvalue weighted by atomic mass is 9.83. The van der Waals surface area contributed by atoms with Crippen molar-refractivity contribution in [2.24, 2.45) is 5.92 Å². The van der Waals surface area contributed by atoms with Gasteiger partial charge in [-0.25, -0.2) is 0 Å². The maximum Gasteiger partial charge on any atom is 0.149 e. The molecule has 0 aromatic heterocycles. The fourth-order valence-electron chi connectivity index (χ4n) is 3.58. The zero-order valence-corrected chi connectivity index (χ0v) is 14.6. The second kappa shape index (κ2) is 8.00. The van der Waals surface area contributed by atoms with Crippen LogP contribution in [0.4, 0.5) is 0 Å². The molecule has 0 heterocycles. The largest absolute Gasteiger partial charge is 0.490 e. The quantitative estimate of drug-likeness (QED) is 0.818. The van der Waals surface area contributed by atoms with Crippen molar-refractivity contribution in [3.63, 3.8) is 0 Å². The van der Waals surface area contributed by atoms with Crippen molar-refractivity contribution in [1.29, 1.82) is 0 Å². The average Bonchev–Trinajstić information content (AvgIpc) is 2.59. The van der Waals surface area contributed by atoms with E-state index in [0.29, 0.717) is 12.8 Å². The van der Waals surface area contributed by atoms with Crippen LogP contribution in [0.1, 0.15) is 29.5 Å². The van der Waals surface area contributed by atoms with E-state index in [1.165, 1.54) is 11.1 Å². The molecule has 134 valence electrons. The molecule has 1 fully saturated rings. The van der Waals surface area contributed by atoms with Gasteiger partial charge in [0.15, 0.2) is 0 Å². The Morgan fingerprint density at radius 2 is 1.88 bits per heavy atom. The summed E-state index contributed by atoms with van der Waals surface area (Å²) in [5.74, 6) is 0.582. The van der Waals surface area contributed by atoms with E-state index in [2.05, 4.69) is 37.3 Å². The molecule has 1 aliphatic rings. The lowest BCUT2D eigenvalue weighted by Gasteiger charge is -2.35. The van der Waals surface area contributed by atoms with Crippen LogP contribution < -0.4 is 4.74 Å². The average molecular weight is 343 g/mol. The van der Waals surface area contributed by atoms with Crippen molar-refractivity contribution in [3.8, 4) is 5.75 Å². The summed E-state index contributed by atoms with van der Waals surface area (Å²) >= 11 is 0. The molecule has 3 rings (SSSR count). The van der Waals surface area contributed by atoms with E-state index in [4.69, 9.17) is 9.84 Å². The third-order valence-corrected chi connectivity index (χ3v) is 4.95. The van der Waals surface area contributed by atoms with E-state index in [1.807, 2.05) is 18.2 Å². The van der Waals surface area contributed by atoms with Gasteiger partial charge < -0.3 is 20.1 Å². The second-order valence-corrected chi connectivity index (χ2v) is 7.01. The van der Waals surface area contributed by atoms with Crippen molar-refractivity contribution in [2.45, 2.75) is 44.5 Å². The molecule has 0 bridgehead atoms. The van der Waals surface area contributed by atoms with Gasteiger partial charge in [0.2, 0.25) is 0 Å². The molecular formula is C21H27O4+. The molecule has 4 N–H and O–H groups in total. The molecule has 2 aromatic carbocycles. The number of benzene rings is 2. The van der Waals surface area contributed by atoms with Crippen molar-refractivity contribution in [3.05, 3.63) is 65.2 Å². The van der Waals surface area contributed by atoms with E-state index >= 15 is 0 Å². The smallest absolute Gasteiger partial charge is 0.149 e. The van der Waals surface area contributed by atoms with Crippen LogP contribution in [0, 0.1) is 12.8 Å². The van der Waals surface area contributed by atoms with Gasteiger partial charge in [-0.05, 0) is 30.5 Å². The summed E-state index contributed by atoms with van der Waals surface area (Å²) in [6, 6.07) is 16.4. The third kappa shape index (κ3) is 4.40. The molecule has 0 saturated heterocycles. The molecule has 25 heavy (non-hydrogen) atoms. The zero-order chi connectivity index (χ0) is 17.8. The number of aliphatic hydroxyl groups is 2. The Hall–Kier alpha value is -1.88. The summed E-state index contributed by atoms with van der Waals surface area (Å²) in [4.78, 5) is 0. The van der Waals surface area contributed by atoms with Crippen molar-refractivity contribution >= 4 is 0 Å². The lowest BCUT2D eigenvalue weighted by Crippen LogP contribution is -2.46. The standard InChI is InChI=1S/C21H26O4/c1-14-5-4-6-15(9-14)10-16-7-2-3-8-20(16)25-18-11-17(13-22)21(24)19(23)12-18/h2-9,17-19,21-24H,10-13H2,1H3/p+1/t17-,18-,19-,21-/m1/s1. The Morgan fingerprint density at radius 3 is 2.64 bits per heavy atom. The fourth-order valence-corrected chi connectivity index (χ4v) is 3.58. The molecule has 0 aliphatic heterocycles. The fraction of sp³-hybridized carbons (Fsp3) is 0.429. The second-order valence-electron chi connectivity index (χ2n) is 7.01. The normalized spacial score (nSPS) is 26.4. The van der Waals surface area contributed by atoms with Crippen LogP contribution in [-0.2, 0) is 6.42 Å². The minimum atomic E-state index is -0.821. The molecule has 0 unspecified atom stereocenters. The van der Waals surface area contributed by atoms with Gasteiger partial charge in [0, 0.05) is 12.8 Å².